The van der Waals surface area contributed by atoms with Crippen molar-refractivity contribution in [2.24, 2.45) is 0 Å². The van der Waals surface area contributed by atoms with E-state index >= 15 is 0 Å². The summed E-state index contributed by atoms with van der Waals surface area (Å²) in [6.07, 6.45) is 1.39. The van der Waals surface area contributed by atoms with E-state index in [0.717, 1.165) is 0 Å². The number of hydrogen-bond acceptors (Lipinski definition) is 8. The molecule has 2 rings (SSSR count). The second-order valence-corrected chi connectivity index (χ2v) is 8.89. The van der Waals surface area contributed by atoms with Gasteiger partial charge in [0.15, 0.2) is 0 Å². The van der Waals surface area contributed by atoms with Gasteiger partial charge in [0.05, 0.1) is 5.69 Å². The lowest BCUT2D eigenvalue weighted by Crippen LogP contribution is -2.53. The van der Waals surface area contributed by atoms with Crippen LogP contribution < -0.4 is 0 Å². The third kappa shape index (κ3) is 8.80. The predicted octanol–water partition coefficient (Wildman–Crippen LogP) is 0.362. The summed E-state index contributed by atoms with van der Waals surface area (Å²) < 4.78 is 13.7. The van der Waals surface area contributed by atoms with Gasteiger partial charge in [-0.15, -0.1) is 0 Å². The maximum absolute atomic E-state index is 13.7. The summed E-state index contributed by atoms with van der Waals surface area (Å²) in [6.45, 7) is 8.00. The standard InChI is InChI=1S/C23H36FN5O6/c1-16(21(30)31)27-8-6-26(15-20-14-19(24)4-5-25-20)7-9-28(17(2)22(32)33)11-13-29(12-10-27)18(3)23(34)35/h4-5,14,16-18H,6-13,15H2,1-3H3,(H,30,31)(H,32,33)(H,34,35)/t16-,17-,18-/m0/s1. The molecule has 0 aromatic carbocycles. The first-order valence-electron chi connectivity index (χ1n) is 11.7. The fraction of sp³-hybridized carbons (Fsp3) is 0.652. The van der Waals surface area contributed by atoms with Gasteiger partial charge in [0.25, 0.3) is 0 Å². The molecule has 0 radical (unpaired) electrons. The first kappa shape index (κ1) is 28.6. The van der Waals surface area contributed by atoms with Crippen molar-refractivity contribution in [2.45, 2.75) is 45.4 Å². The molecule has 1 aromatic heterocycles. The fourth-order valence-corrected chi connectivity index (χ4v) is 4.05. The summed E-state index contributed by atoms with van der Waals surface area (Å²) in [6, 6.07) is 0.236. The lowest BCUT2D eigenvalue weighted by atomic mass is 10.2. The smallest absolute Gasteiger partial charge is 0.320 e. The van der Waals surface area contributed by atoms with Crippen LogP contribution in [0.3, 0.4) is 0 Å². The molecule has 11 nitrogen and oxygen atoms in total. The first-order chi connectivity index (χ1) is 16.5. The minimum Gasteiger partial charge on any atom is -0.480 e. The van der Waals surface area contributed by atoms with Gasteiger partial charge in [-0.3, -0.25) is 39.0 Å². The lowest BCUT2D eigenvalue weighted by Gasteiger charge is -2.37. The van der Waals surface area contributed by atoms with Crippen LogP contribution in [0.15, 0.2) is 18.3 Å². The summed E-state index contributed by atoms with van der Waals surface area (Å²) >= 11 is 0. The molecule has 0 aliphatic carbocycles. The van der Waals surface area contributed by atoms with Crippen molar-refractivity contribution in [1.29, 1.82) is 0 Å². The molecule has 12 heteroatoms. The Balaban J connectivity index is 2.30. The molecule has 35 heavy (non-hydrogen) atoms. The normalized spacial score (nSPS) is 20.8. The van der Waals surface area contributed by atoms with E-state index in [9.17, 15) is 34.1 Å². The number of carboxylic acid groups (broad SMARTS) is 3. The quantitative estimate of drug-likeness (QED) is 0.459. The van der Waals surface area contributed by atoms with Gasteiger partial charge in [-0.2, -0.15) is 0 Å². The Morgan fingerprint density at radius 3 is 1.51 bits per heavy atom. The van der Waals surface area contributed by atoms with Crippen molar-refractivity contribution >= 4 is 17.9 Å². The molecular formula is C23H36FN5O6. The van der Waals surface area contributed by atoms with Gasteiger partial charge in [-0.25, -0.2) is 4.39 Å². The van der Waals surface area contributed by atoms with Gasteiger partial charge in [-0.05, 0) is 32.9 Å². The molecule has 0 spiro atoms. The minimum absolute atomic E-state index is 0.311. The van der Waals surface area contributed by atoms with Crippen LogP contribution >= 0.6 is 0 Å². The van der Waals surface area contributed by atoms with Crippen molar-refractivity contribution in [3.05, 3.63) is 29.8 Å². The number of halogens is 1. The average molecular weight is 498 g/mol. The van der Waals surface area contributed by atoms with Crippen molar-refractivity contribution in [3.63, 3.8) is 0 Å². The van der Waals surface area contributed by atoms with E-state index in [2.05, 4.69) is 4.98 Å². The summed E-state index contributed by atoms with van der Waals surface area (Å²) in [4.78, 5) is 46.6. The van der Waals surface area contributed by atoms with E-state index in [4.69, 9.17) is 0 Å². The number of carboxylic acids is 3. The van der Waals surface area contributed by atoms with Gasteiger partial charge in [0, 0.05) is 65.1 Å². The molecule has 1 aromatic rings. The largest absolute Gasteiger partial charge is 0.480 e. The number of pyridine rings is 1. The third-order valence-electron chi connectivity index (χ3n) is 6.64. The Kier molecular flexibility index (Phi) is 11.0. The molecule has 3 atom stereocenters. The van der Waals surface area contributed by atoms with E-state index in [-0.39, 0.29) is 0 Å². The number of aliphatic carboxylic acids is 3. The molecule has 2 heterocycles. The maximum atomic E-state index is 13.7. The molecule has 1 fully saturated rings. The lowest BCUT2D eigenvalue weighted by molar-refractivity contribution is -0.145. The summed E-state index contributed by atoms with van der Waals surface area (Å²) in [7, 11) is 0. The van der Waals surface area contributed by atoms with E-state index in [1.807, 2.05) is 4.90 Å². The number of nitrogens with zero attached hydrogens (tertiary/aromatic N) is 5. The molecule has 3 N–H and O–H groups in total. The van der Waals surface area contributed by atoms with Crippen molar-refractivity contribution < 1.29 is 34.1 Å². The summed E-state index contributed by atoms with van der Waals surface area (Å²) in [5, 5.41) is 28.7. The van der Waals surface area contributed by atoms with E-state index in [0.29, 0.717) is 64.6 Å². The van der Waals surface area contributed by atoms with Crippen LogP contribution in [0.4, 0.5) is 4.39 Å². The van der Waals surface area contributed by atoms with Crippen LogP contribution in [-0.2, 0) is 20.9 Å². The van der Waals surface area contributed by atoms with Crippen LogP contribution in [0, 0.1) is 5.82 Å². The summed E-state index contributed by atoms with van der Waals surface area (Å²) in [5.41, 5.74) is 0.522. The van der Waals surface area contributed by atoms with E-state index in [1.165, 1.54) is 18.3 Å². The van der Waals surface area contributed by atoms with Crippen LogP contribution in [0.5, 0.6) is 0 Å². The Morgan fingerprint density at radius 2 is 1.17 bits per heavy atom. The van der Waals surface area contributed by atoms with Crippen molar-refractivity contribution in [3.8, 4) is 0 Å². The maximum Gasteiger partial charge on any atom is 0.320 e. The zero-order chi connectivity index (χ0) is 26.1. The Labute approximate surface area is 204 Å². The molecule has 0 bridgehead atoms. The van der Waals surface area contributed by atoms with Gasteiger partial charge < -0.3 is 15.3 Å². The monoisotopic (exact) mass is 497 g/mol. The molecule has 0 unspecified atom stereocenters. The second-order valence-electron chi connectivity index (χ2n) is 8.89. The van der Waals surface area contributed by atoms with Crippen molar-refractivity contribution in [2.75, 3.05) is 52.4 Å². The molecule has 196 valence electrons. The third-order valence-corrected chi connectivity index (χ3v) is 6.64. The van der Waals surface area contributed by atoms with E-state index in [1.54, 1.807) is 35.5 Å². The van der Waals surface area contributed by atoms with E-state index < -0.39 is 41.9 Å². The first-order valence-corrected chi connectivity index (χ1v) is 11.7. The van der Waals surface area contributed by atoms with Crippen molar-refractivity contribution in [1.82, 2.24) is 24.6 Å². The fourth-order valence-electron chi connectivity index (χ4n) is 4.05. The molecule has 1 saturated heterocycles. The van der Waals surface area contributed by atoms with Gasteiger partial charge in [-0.1, -0.05) is 0 Å². The SMILES string of the molecule is C[C@@H](C(=O)O)N1CCN(Cc2cc(F)ccn2)CCN([C@@H](C)C(=O)O)CCN([C@@H](C)C(=O)O)CC1. The molecular weight excluding hydrogens is 461 g/mol. The molecule has 1 aliphatic rings. The zero-order valence-corrected chi connectivity index (χ0v) is 20.5. The average Bonchev–Trinajstić information content (AvgIpc) is 2.79. The molecule has 0 amide bonds. The molecule has 1 aliphatic heterocycles. The topological polar surface area (TPSA) is 138 Å². The number of aromatic nitrogens is 1. The minimum atomic E-state index is -0.999. The zero-order valence-electron chi connectivity index (χ0n) is 20.5. The highest BCUT2D eigenvalue weighted by Gasteiger charge is 2.28. The highest BCUT2D eigenvalue weighted by atomic mass is 19.1. The molecule has 0 saturated carbocycles. The van der Waals surface area contributed by atoms with Gasteiger partial charge in [0.1, 0.15) is 23.9 Å². The van der Waals surface area contributed by atoms with Gasteiger partial charge in [0.2, 0.25) is 0 Å². The summed E-state index contributed by atoms with van der Waals surface area (Å²) in [5.74, 6) is -3.36. The number of hydrogen-bond donors (Lipinski definition) is 3. The predicted molar refractivity (Wildman–Crippen MR) is 125 cm³/mol. The number of carbonyl (C=O) groups is 3. The van der Waals surface area contributed by atoms with Crippen LogP contribution in [-0.4, -0.2) is 128 Å². The van der Waals surface area contributed by atoms with Gasteiger partial charge >= 0.3 is 17.9 Å². The highest BCUT2D eigenvalue weighted by Crippen LogP contribution is 2.11. The second kappa shape index (κ2) is 13.4. The van der Waals surface area contributed by atoms with Crippen LogP contribution in [0.1, 0.15) is 26.5 Å². The highest BCUT2D eigenvalue weighted by molar-refractivity contribution is 5.73. The Morgan fingerprint density at radius 1 is 0.800 bits per heavy atom. The van der Waals surface area contributed by atoms with Crippen LogP contribution in [0.2, 0.25) is 0 Å². The van der Waals surface area contributed by atoms with Crippen LogP contribution in [0.25, 0.3) is 0 Å². The Bertz CT molecular complexity index is 839. The number of rotatable bonds is 8. The Hall–Kier alpha value is -2.67.